The van der Waals surface area contributed by atoms with E-state index in [1.807, 2.05) is 6.92 Å². The Hall–Kier alpha value is -0.390. The first kappa shape index (κ1) is 13.7. The van der Waals surface area contributed by atoms with Crippen molar-refractivity contribution in [3.8, 4) is 0 Å². The Labute approximate surface area is 98.6 Å². The van der Waals surface area contributed by atoms with Gasteiger partial charge in [0.1, 0.15) is 0 Å². The van der Waals surface area contributed by atoms with Crippen molar-refractivity contribution >= 4 is 10.0 Å². The van der Waals surface area contributed by atoms with E-state index in [9.17, 15) is 8.42 Å². The molecule has 0 fully saturated rings. The van der Waals surface area contributed by atoms with E-state index in [1.54, 1.807) is 0 Å². The van der Waals surface area contributed by atoms with Crippen LogP contribution in [0.2, 0.25) is 0 Å². The highest BCUT2D eigenvalue weighted by Crippen LogP contribution is 2.08. The monoisotopic (exact) mass is 246 g/mol. The molecule has 0 aromatic heterocycles. The van der Waals surface area contributed by atoms with Gasteiger partial charge in [0.15, 0.2) is 0 Å². The summed E-state index contributed by atoms with van der Waals surface area (Å²) >= 11 is 0. The van der Waals surface area contributed by atoms with Gasteiger partial charge in [-0.05, 0) is 25.8 Å². The Morgan fingerprint density at radius 3 is 2.94 bits per heavy atom. The molecule has 1 aliphatic rings. The third-order valence-corrected chi connectivity index (χ3v) is 4.16. The summed E-state index contributed by atoms with van der Waals surface area (Å²) in [7, 11) is -3.04. The van der Waals surface area contributed by atoms with E-state index in [2.05, 4.69) is 16.1 Å². The number of nitrogens with one attached hydrogen (secondary N) is 2. The highest BCUT2D eigenvalue weighted by atomic mass is 32.2. The van der Waals surface area contributed by atoms with Gasteiger partial charge in [-0.25, -0.2) is 13.1 Å². The summed E-state index contributed by atoms with van der Waals surface area (Å²) in [6.07, 6.45) is 5.69. The number of rotatable bonds is 7. The zero-order chi connectivity index (χ0) is 11.9. The van der Waals surface area contributed by atoms with E-state index in [-0.39, 0.29) is 5.75 Å². The maximum Gasteiger partial charge on any atom is 0.211 e. The average molecular weight is 246 g/mol. The largest absolute Gasteiger partial charge is 0.313 e. The van der Waals surface area contributed by atoms with Crippen molar-refractivity contribution in [1.29, 1.82) is 0 Å². The minimum atomic E-state index is -3.04. The first-order chi connectivity index (χ1) is 7.64. The predicted molar refractivity (Wildman–Crippen MR) is 66.9 cm³/mol. The van der Waals surface area contributed by atoms with Crippen LogP contribution in [0.15, 0.2) is 11.6 Å². The smallest absolute Gasteiger partial charge is 0.211 e. The van der Waals surface area contributed by atoms with E-state index in [0.29, 0.717) is 6.54 Å². The molecule has 0 amide bonds. The lowest BCUT2D eigenvalue weighted by Gasteiger charge is -2.14. The van der Waals surface area contributed by atoms with Crippen LogP contribution in [0.4, 0.5) is 0 Å². The second kappa shape index (κ2) is 7.04. The maximum absolute atomic E-state index is 11.5. The molecule has 0 atom stereocenters. The third kappa shape index (κ3) is 5.63. The lowest BCUT2D eigenvalue weighted by atomic mass is 10.1. The van der Waals surface area contributed by atoms with Gasteiger partial charge < -0.3 is 5.32 Å². The number of unbranched alkanes of at least 4 members (excludes halogenated alkanes) is 1. The predicted octanol–water partition coefficient (Wildman–Crippen LogP) is 1.02. The normalized spacial score (nSPS) is 17.2. The van der Waals surface area contributed by atoms with Crippen LogP contribution in [-0.2, 0) is 10.0 Å². The van der Waals surface area contributed by atoms with Gasteiger partial charge in [0.05, 0.1) is 5.75 Å². The molecule has 16 heavy (non-hydrogen) atoms. The molecule has 1 heterocycles. The zero-order valence-electron chi connectivity index (χ0n) is 9.96. The van der Waals surface area contributed by atoms with Gasteiger partial charge in [0, 0.05) is 13.1 Å². The highest BCUT2D eigenvalue weighted by Gasteiger charge is 2.09. The van der Waals surface area contributed by atoms with Crippen LogP contribution in [0.25, 0.3) is 0 Å². The molecule has 5 heteroatoms. The van der Waals surface area contributed by atoms with Crippen LogP contribution < -0.4 is 10.0 Å². The molecule has 2 N–H and O–H groups in total. The molecule has 0 aromatic rings. The lowest BCUT2D eigenvalue weighted by molar-refractivity contribution is 0.576. The van der Waals surface area contributed by atoms with Crippen molar-refractivity contribution in [2.24, 2.45) is 0 Å². The SMILES string of the molecule is CCCCS(=O)(=O)NCCC1=CCNCC1. The quantitative estimate of drug-likeness (QED) is 0.659. The van der Waals surface area contributed by atoms with Crippen molar-refractivity contribution in [2.45, 2.75) is 32.6 Å². The summed E-state index contributed by atoms with van der Waals surface area (Å²) < 4.78 is 25.6. The first-order valence-corrected chi connectivity index (χ1v) is 7.65. The second-order valence-electron chi connectivity index (χ2n) is 4.13. The Bertz CT molecular complexity index is 323. The van der Waals surface area contributed by atoms with E-state index in [1.165, 1.54) is 5.57 Å². The van der Waals surface area contributed by atoms with Crippen molar-refractivity contribution in [3.05, 3.63) is 11.6 Å². The molecule has 0 saturated carbocycles. The summed E-state index contributed by atoms with van der Waals surface area (Å²) in [4.78, 5) is 0. The third-order valence-electron chi connectivity index (χ3n) is 2.69. The molecule has 1 aliphatic heterocycles. The topological polar surface area (TPSA) is 58.2 Å². The van der Waals surface area contributed by atoms with E-state index in [0.717, 1.165) is 38.8 Å². The molecule has 0 bridgehead atoms. The van der Waals surface area contributed by atoms with Crippen LogP contribution in [0.5, 0.6) is 0 Å². The molecule has 1 rings (SSSR count). The van der Waals surface area contributed by atoms with Gasteiger partial charge in [-0.15, -0.1) is 0 Å². The van der Waals surface area contributed by atoms with Gasteiger partial charge in [0.2, 0.25) is 10.0 Å². The molecule has 0 radical (unpaired) electrons. The molecular weight excluding hydrogens is 224 g/mol. The molecule has 0 saturated heterocycles. The van der Waals surface area contributed by atoms with Crippen molar-refractivity contribution in [2.75, 3.05) is 25.4 Å². The summed E-state index contributed by atoms with van der Waals surface area (Å²) in [6, 6.07) is 0. The fourth-order valence-corrected chi connectivity index (χ4v) is 2.90. The van der Waals surface area contributed by atoms with E-state index < -0.39 is 10.0 Å². The fourth-order valence-electron chi connectivity index (χ4n) is 1.67. The standard InChI is InChI=1S/C11H22N2O2S/c1-2-3-10-16(14,15)13-9-6-11-4-7-12-8-5-11/h4,12-13H,2-3,5-10H2,1H3. The average Bonchev–Trinajstić information content (AvgIpc) is 2.28. The Kier molecular flexibility index (Phi) is 6.01. The Morgan fingerprint density at radius 1 is 1.50 bits per heavy atom. The Balaban J connectivity index is 2.21. The van der Waals surface area contributed by atoms with Gasteiger partial charge >= 0.3 is 0 Å². The summed E-state index contributed by atoms with van der Waals surface area (Å²) in [5.74, 6) is 0.254. The molecule has 4 nitrogen and oxygen atoms in total. The zero-order valence-corrected chi connectivity index (χ0v) is 10.8. The molecule has 94 valence electrons. The molecule has 0 spiro atoms. The minimum Gasteiger partial charge on any atom is -0.313 e. The molecule has 0 aromatic carbocycles. The van der Waals surface area contributed by atoms with Crippen LogP contribution in [0.3, 0.4) is 0 Å². The van der Waals surface area contributed by atoms with Crippen LogP contribution in [-0.4, -0.2) is 33.8 Å². The van der Waals surface area contributed by atoms with E-state index in [4.69, 9.17) is 0 Å². The molecule has 0 unspecified atom stereocenters. The Morgan fingerprint density at radius 2 is 2.31 bits per heavy atom. The van der Waals surface area contributed by atoms with Gasteiger partial charge in [-0.1, -0.05) is 25.0 Å². The van der Waals surface area contributed by atoms with Gasteiger partial charge in [-0.3, -0.25) is 0 Å². The van der Waals surface area contributed by atoms with Crippen LogP contribution in [0.1, 0.15) is 32.6 Å². The minimum absolute atomic E-state index is 0.254. The number of sulfonamides is 1. The summed E-state index contributed by atoms with van der Waals surface area (Å²) in [6.45, 7) is 4.46. The molecule has 0 aliphatic carbocycles. The van der Waals surface area contributed by atoms with Crippen molar-refractivity contribution < 1.29 is 8.42 Å². The fraction of sp³-hybridized carbons (Fsp3) is 0.818. The van der Waals surface area contributed by atoms with E-state index >= 15 is 0 Å². The van der Waals surface area contributed by atoms with Crippen LogP contribution >= 0.6 is 0 Å². The number of hydrogen-bond donors (Lipinski definition) is 2. The van der Waals surface area contributed by atoms with Crippen molar-refractivity contribution in [1.82, 2.24) is 10.0 Å². The highest BCUT2D eigenvalue weighted by molar-refractivity contribution is 7.89. The first-order valence-electron chi connectivity index (χ1n) is 6.00. The lowest BCUT2D eigenvalue weighted by Crippen LogP contribution is -2.28. The summed E-state index contributed by atoms with van der Waals surface area (Å²) in [5, 5.41) is 3.23. The number of hydrogen-bond acceptors (Lipinski definition) is 3. The van der Waals surface area contributed by atoms with Gasteiger partial charge in [0.25, 0.3) is 0 Å². The summed E-state index contributed by atoms with van der Waals surface area (Å²) in [5.41, 5.74) is 1.36. The van der Waals surface area contributed by atoms with Crippen LogP contribution in [0, 0.1) is 0 Å². The maximum atomic E-state index is 11.5. The van der Waals surface area contributed by atoms with Gasteiger partial charge in [-0.2, -0.15) is 0 Å². The molecular formula is C11H22N2O2S. The second-order valence-corrected chi connectivity index (χ2v) is 6.06. The van der Waals surface area contributed by atoms with Crippen molar-refractivity contribution in [3.63, 3.8) is 0 Å².